The van der Waals surface area contributed by atoms with Gasteiger partial charge in [-0.05, 0) is 38.8 Å². The van der Waals surface area contributed by atoms with Crippen molar-refractivity contribution in [2.24, 2.45) is 0 Å². The molecule has 0 aliphatic rings. The van der Waals surface area contributed by atoms with Crippen LogP contribution in [-0.4, -0.2) is 26.0 Å². The highest BCUT2D eigenvalue weighted by Gasteiger charge is 2.07. The largest absolute Gasteiger partial charge is 0.352 e. The molecule has 18 heavy (non-hydrogen) atoms. The standard InChI is InChI=1S/C15H25NO2/c1-5-17-15(18-6-2)11-16-10-14-8-7-12(3)9-13(14)4/h7-9,15-16H,5-6,10-11H2,1-4H3. The summed E-state index contributed by atoms with van der Waals surface area (Å²) in [5, 5.41) is 3.38. The van der Waals surface area contributed by atoms with Crippen LogP contribution in [0.2, 0.25) is 0 Å². The molecular weight excluding hydrogens is 226 g/mol. The van der Waals surface area contributed by atoms with Crippen molar-refractivity contribution in [2.75, 3.05) is 19.8 Å². The molecular formula is C15H25NO2. The maximum absolute atomic E-state index is 5.48. The molecule has 0 saturated carbocycles. The summed E-state index contributed by atoms with van der Waals surface area (Å²) in [6.07, 6.45) is -0.147. The van der Waals surface area contributed by atoms with Gasteiger partial charge in [0, 0.05) is 26.3 Å². The van der Waals surface area contributed by atoms with Crippen LogP contribution in [0.1, 0.15) is 30.5 Å². The number of rotatable bonds is 8. The Hall–Kier alpha value is -0.900. The van der Waals surface area contributed by atoms with E-state index in [0.717, 1.165) is 13.1 Å². The predicted octanol–water partition coefficient (Wildman–Crippen LogP) is 2.79. The van der Waals surface area contributed by atoms with E-state index in [9.17, 15) is 0 Å². The second-order valence-corrected chi connectivity index (χ2v) is 4.40. The lowest BCUT2D eigenvalue weighted by Gasteiger charge is -2.18. The second kappa shape index (κ2) is 8.25. The number of ether oxygens (including phenoxy) is 2. The van der Waals surface area contributed by atoms with Crippen LogP contribution in [0.5, 0.6) is 0 Å². The minimum absolute atomic E-state index is 0.147. The average molecular weight is 251 g/mol. The second-order valence-electron chi connectivity index (χ2n) is 4.40. The number of benzene rings is 1. The lowest BCUT2D eigenvalue weighted by Crippen LogP contribution is -2.31. The first-order valence-electron chi connectivity index (χ1n) is 6.67. The minimum atomic E-state index is -0.147. The van der Waals surface area contributed by atoms with Gasteiger partial charge >= 0.3 is 0 Å². The molecule has 0 saturated heterocycles. The van der Waals surface area contributed by atoms with Gasteiger partial charge in [0.25, 0.3) is 0 Å². The van der Waals surface area contributed by atoms with Crippen LogP contribution in [0, 0.1) is 13.8 Å². The third kappa shape index (κ3) is 5.17. The van der Waals surface area contributed by atoms with E-state index in [-0.39, 0.29) is 6.29 Å². The molecule has 0 bridgehead atoms. The van der Waals surface area contributed by atoms with Gasteiger partial charge in [0.1, 0.15) is 0 Å². The van der Waals surface area contributed by atoms with Crippen molar-refractivity contribution in [1.82, 2.24) is 5.32 Å². The molecule has 0 fully saturated rings. The third-order valence-corrected chi connectivity index (χ3v) is 2.83. The first-order valence-corrected chi connectivity index (χ1v) is 6.67. The van der Waals surface area contributed by atoms with E-state index in [1.54, 1.807) is 0 Å². The highest BCUT2D eigenvalue weighted by molar-refractivity contribution is 5.30. The van der Waals surface area contributed by atoms with Gasteiger partial charge in [-0.2, -0.15) is 0 Å². The molecule has 102 valence electrons. The van der Waals surface area contributed by atoms with Crippen LogP contribution in [-0.2, 0) is 16.0 Å². The van der Waals surface area contributed by atoms with Crippen molar-refractivity contribution in [3.63, 3.8) is 0 Å². The van der Waals surface area contributed by atoms with Gasteiger partial charge in [-0.15, -0.1) is 0 Å². The summed E-state index contributed by atoms with van der Waals surface area (Å²) in [6.45, 7) is 11.1. The molecule has 0 spiro atoms. The average Bonchev–Trinajstić information content (AvgIpc) is 2.32. The molecule has 0 aromatic heterocycles. The zero-order valence-corrected chi connectivity index (χ0v) is 12.0. The summed E-state index contributed by atoms with van der Waals surface area (Å²) < 4.78 is 11.0. The summed E-state index contributed by atoms with van der Waals surface area (Å²) in [6, 6.07) is 6.53. The number of hydrogen-bond acceptors (Lipinski definition) is 3. The van der Waals surface area contributed by atoms with E-state index >= 15 is 0 Å². The summed E-state index contributed by atoms with van der Waals surface area (Å²) in [5.74, 6) is 0. The normalized spacial score (nSPS) is 11.2. The fourth-order valence-corrected chi connectivity index (χ4v) is 1.91. The van der Waals surface area contributed by atoms with Crippen molar-refractivity contribution in [1.29, 1.82) is 0 Å². The molecule has 1 N–H and O–H groups in total. The highest BCUT2D eigenvalue weighted by atomic mass is 16.7. The SMILES string of the molecule is CCOC(CNCc1ccc(C)cc1C)OCC. The molecule has 1 aromatic carbocycles. The molecule has 0 heterocycles. The monoisotopic (exact) mass is 251 g/mol. The summed E-state index contributed by atoms with van der Waals surface area (Å²) in [5.41, 5.74) is 3.96. The van der Waals surface area contributed by atoms with Gasteiger partial charge in [-0.25, -0.2) is 0 Å². The predicted molar refractivity (Wildman–Crippen MR) is 74.7 cm³/mol. The molecule has 0 aliphatic carbocycles. The minimum Gasteiger partial charge on any atom is -0.352 e. The van der Waals surface area contributed by atoms with Crippen molar-refractivity contribution in [3.8, 4) is 0 Å². The van der Waals surface area contributed by atoms with Gasteiger partial charge in [0.15, 0.2) is 6.29 Å². The third-order valence-electron chi connectivity index (χ3n) is 2.83. The Balaban J connectivity index is 2.39. The van der Waals surface area contributed by atoms with E-state index in [1.165, 1.54) is 16.7 Å². The lowest BCUT2D eigenvalue weighted by molar-refractivity contribution is -0.133. The summed E-state index contributed by atoms with van der Waals surface area (Å²) in [4.78, 5) is 0. The van der Waals surface area contributed by atoms with E-state index < -0.39 is 0 Å². The quantitative estimate of drug-likeness (QED) is 0.721. The van der Waals surface area contributed by atoms with Crippen LogP contribution in [0.15, 0.2) is 18.2 Å². The Morgan fingerprint density at radius 1 is 1.11 bits per heavy atom. The van der Waals surface area contributed by atoms with E-state index in [0.29, 0.717) is 13.2 Å². The van der Waals surface area contributed by atoms with Crippen molar-refractivity contribution in [3.05, 3.63) is 34.9 Å². The molecule has 3 nitrogen and oxygen atoms in total. The first kappa shape index (κ1) is 15.2. The fourth-order valence-electron chi connectivity index (χ4n) is 1.91. The molecule has 0 radical (unpaired) electrons. The highest BCUT2D eigenvalue weighted by Crippen LogP contribution is 2.10. The Labute approximate surface area is 110 Å². The van der Waals surface area contributed by atoms with Crippen LogP contribution in [0.3, 0.4) is 0 Å². The summed E-state index contributed by atoms with van der Waals surface area (Å²) >= 11 is 0. The van der Waals surface area contributed by atoms with Crippen LogP contribution >= 0.6 is 0 Å². The van der Waals surface area contributed by atoms with Crippen LogP contribution in [0.25, 0.3) is 0 Å². The summed E-state index contributed by atoms with van der Waals surface area (Å²) in [7, 11) is 0. The lowest BCUT2D eigenvalue weighted by atomic mass is 10.1. The van der Waals surface area contributed by atoms with Gasteiger partial charge < -0.3 is 14.8 Å². The van der Waals surface area contributed by atoms with Crippen LogP contribution in [0.4, 0.5) is 0 Å². The molecule has 0 amide bonds. The first-order chi connectivity index (χ1) is 8.67. The van der Waals surface area contributed by atoms with Gasteiger partial charge in [0.2, 0.25) is 0 Å². The molecule has 3 heteroatoms. The van der Waals surface area contributed by atoms with Gasteiger partial charge in [-0.3, -0.25) is 0 Å². The zero-order valence-electron chi connectivity index (χ0n) is 12.0. The van der Waals surface area contributed by atoms with E-state index in [4.69, 9.17) is 9.47 Å². The van der Waals surface area contributed by atoms with E-state index in [1.807, 2.05) is 13.8 Å². The molecule has 0 unspecified atom stereocenters. The zero-order chi connectivity index (χ0) is 13.4. The van der Waals surface area contributed by atoms with Crippen LogP contribution < -0.4 is 5.32 Å². The molecule has 0 atom stereocenters. The number of hydrogen-bond donors (Lipinski definition) is 1. The van der Waals surface area contributed by atoms with Gasteiger partial charge in [0.05, 0.1) is 0 Å². The smallest absolute Gasteiger partial charge is 0.169 e. The maximum Gasteiger partial charge on any atom is 0.169 e. The fraction of sp³-hybridized carbons (Fsp3) is 0.600. The molecule has 0 aliphatic heterocycles. The van der Waals surface area contributed by atoms with Crippen molar-refractivity contribution in [2.45, 2.75) is 40.5 Å². The number of aryl methyl sites for hydroxylation is 2. The van der Waals surface area contributed by atoms with Gasteiger partial charge in [-0.1, -0.05) is 23.8 Å². The Bertz CT molecular complexity index is 346. The Morgan fingerprint density at radius 3 is 2.33 bits per heavy atom. The van der Waals surface area contributed by atoms with Crippen molar-refractivity contribution >= 4 is 0 Å². The maximum atomic E-state index is 5.48. The van der Waals surface area contributed by atoms with E-state index in [2.05, 4.69) is 37.4 Å². The van der Waals surface area contributed by atoms with Crippen molar-refractivity contribution < 1.29 is 9.47 Å². The number of nitrogens with one attached hydrogen (secondary N) is 1. The molecule has 1 rings (SSSR count). The Morgan fingerprint density at radius 2 is 1.78 bits per heavy atom. The topological polar surface area (TPSA) is 30.5 Å². The Kier molecular flexibility index (Phi) is 6.94. The molecule has 1 aromatic rings.